The van der Waals surface area contributed by atoms with Crippen molar-refractivity contribution in [2.75, 3.05) is 0 Å². The first-order valence-electron chi connectivity index (χ1n) is 5.85. The molecule has 7 heteroatoms. The summed E-state index contributed by atoms with van der Waals surface area (Å²) in [6.45, 7) is 0.178. The van der Waals surface area contributed by atoms with E-state index in [1.165, 1.54) is 18.2 Å². The summed E-state index contributed by atoms with van der Waals surface area (Å²) in [5.41, 5.74) is 6.67. The van der Waals surface area contributed by atoms with Crippen LogP contribution in [0.4, 0.5) is 4.39 Å². The van der Waals surface area contributed by atoms with Crippen molar-refractivity contribution in [1.29, 1.82) is 0 Å². The molecule has 0 saturated carbocycles. The predicted octanol–water partition coefficient (Wildman–Crippen LogP) is 3.81. The number of nitrogens with two attached hydrogens (primary N) is 1. The number of oxime groups is 1. The lowest BCUT2D eigenvalue weighted by atomic mass is 10.1. The highest BCUT2D eigenvalue weighted by molar-refractivity contribution is 6.31. The molecule has 0 bridgehead atoms. The molecule has 0 fully saturated rings. The van der Waals surface area contributed by atoms with Gasteiger partial charge < -0.3 is 15.7 Å². The Morgan fingerprint density at radius 2 is 1.95 bits per heavy atom. The van der Waals surface area contributed by atoms with E-state index in [1.54, 1.807) is 18.2 Å². The highest BCUT2D eigenvalue weighted by Crippen LogP contribution is 2.24. The molecule has 110 valence electrons. The summed E-state index contributed by atoms with van der Waals surface area (Å²) in [4.78, 5) is 0. The highest BCUT2D eigenvalue weighted by Gasteiger charge is 2.07. The molecule has 0 radical (unpaired) electrons. The Morgan fingerprint density at radius 3 is 2.57 bits per heavy atom. The topological polar surface area (TPSA) is 67.8 Å². The molecule has 3 N–H and O–H groups in total. The van der Waals surface area contributed by atoms with Crippen molar-refractivity contribution in [1.82, 2.24) is 0 Å². The van der Waals surface area contributed by atoms with Crippen LogP contribution in [0.1, 0.15) is 11.1 Å². The van der Waals surface area contributed by atoms with Gasteiger partial charge in [0.1, 0.15) is 18.2 Å². The second-order valence-corrected chi connectivity index (χ2v) is 4.97. The fourth-order valence-electron chi connectivity index (χ4n) is 1.61. The number of hydrogen-bond acceptors (Lipinski definition) is 3. The maximum atomic E-state index is 13.0. The second kappa shape index (κ2) is 6.65. The molecule has 2 aromatic rings. The van der Waals surface area contributed by atoms with Gasteiger partial charge in [-0.05, 0) is 18.2 Å². The number of rotatable bonds is 4. The van der Waals surface area contributed by atoms with Crippen LogP contribution < -0.4 is 10.5 Å². The molecule has 0 aliphatic carbocycles. The standard InChI is InChI=1S/C14H11Cl2FN2O2/c15-11-5-8(14(18)19-20)1-2-9(11)7-21-10-3-4-13(17)12(16)6-10/h1-6,20H,7H2,(H2,18,19). The van der Waals surface area contributed by atoms with Crippen LogP contribution in [-0.2, 0) is 6.61 Å². The van der Waals surface area contributed by atoms with E-state index >= 15 is 0 Å². The van der Waals surface area contributed by atoms with Gasteiger partial charge >= 0.3 is 0 Å². The van der Waals surface area contributed by atoms with Crippen molar-refractivity contribution in [3.8, 4) is 5.75 Å². The monoisotopic (exact) mass is 328 g/mol. The molecule has 0 aromatic heterocycles. The fourth-order valence-corrected chi connectivity index (χ4v) is 2.01. The van der Waals surface area contributed by atoms with Gasteiger partial charge in [-0.3, -0.25) is 0 Å². The Morgan fingerprint density at radius 1 is 1.19 bits per heavy atom. The molecule has 0 spiro atoms. The van der Waals surface area contributed by atoms with Crippen LogP contribution in [0.25, 0.3) is 0 Å². The summed E-state index contributed by atoms with van der Waals surface area (Å²) in [6.07, 6.45) is 0. The SMILES string of the molecule is N/C(=N/O)c1ccc(COc2ccc(F)c(Cl)c2)c(Cl)c1. The normalized spacial score (nSPS) is 11.5. The Balaban J connectivity index is 2.11. The lowest BCUT2D eigenvalue weighted by Gasteiger charge is -2.09. The lowest BCUT2D eigenvalue weighted by Crippen LogP contribution is -2.13. The molecule has 0 atom stereocenters. The molecule has 0 unspecified atom stereocenters. The minimum atomic E-state index is -0.509. The van der Waals surface area contributed by atoms with Gasteiger partial charge in [0.2, 0.25) is 0 Å². The van der Waals surface area contributed by atoms with E-state index in [2.05, 4.69) is 5.16 Å². The molecule has 2 aromatic carbocycles. The van der Waals surface area contributed by atoms with Crippen molar-refractivity contribution in [2.45, 2.75) is 6.61 Å². The molecule has 4 nitrogen and oxygen atoms in total. The van der Waals surface area contributed by atoms with Gasteiger partial charge in [0, 0.05) is 22.2 Å². The van der Waals surface area contributed by atoms with Crippen molar-refractivity contribution >= 4 is 29.0 Å². The number of ether oxygens (including phenoxy) is 1. The van der Waals surface area contributed by atoms with Crippen molar-refractivity contribution in [3.63, 3.8) is 0 Å². The maximum absolute atomic E-state index is 13.0. The second-order valence-electron chi connectivity index (χ2n) is 4.16. The van der Waals surface area contributed by atoms with Gasteiger partial charge in [0.15, 0.2) is 5.84 Å². The molecule has 21 heavy (non-hydrogen) atoms. The third-order valence-corrected chi connectivity index (χ3v) is 3.38. The third-order valence-electron chi connectivity index (χ3n) is 2.74. The van der Waals surface area contributed by atoms with Crippen molar-refractivity contribution in [3.05, 3.63) is 63.4 Å². The summed E-state index contributed by atoms with van der Waals surface area (Å²) in [7, 11) is 0. The molecule has 0 aliphatic rings. The third kappa shape index (κ3) is 3.77. The Labute approximate surface area is 130 Å². The van der Waals surface area contributed by atoms with Gasteiger partial charge in [0.05, 0.1) is 5.02 Å². The van der Waals surface area contributed by atoms with Gasteiger partial charge in [0.25, 0.3) is 0 Å². The predicted molar refractivity (Wildman–Crippen MR) is 79.7 cm³/mol. The van der Waals surface area contributed by atoms with Crippen molar-refractivity contribution < 1.29 is 14.3 Å². The van der Waals surface area contributed by atoms with Gasteiger partial charge in [-0.2, -0.15) is 0 Å². The zero-order valence-corrected chi connectivity index (χ0v) is 12.2. The Bertz CT molecular complexity index is 693. The van der Waals surface area contributed by atoms with Gasteiger partial charge in [-0.1, -0.05) is 40.5 Å². The van der Waals surface area contributed by atoms with Gasteiger partial charge in [-0.15, -0.1) is 0 Å². The van der Waals surface area contributed by atoms with E-state index in [4.69, 9.17) is 38.9 Å². The van der Waals surface area contributed by atoms with E-state index in [-0.39, 0.29) is 17.5 Å². The number of halogens is 3. The van der Waals surface area contributed by atoms with Crippen LogP contribution in [0.5, 0.6) is 5.75 Å². The quantitative estimate of drug-likeness (QED) is 0.388. The molecule has 0 saturated heterocycles. The van der Waals surface area contributed by atoms with E-state index in [1.807, 2.05) is 0 Å². The summed E-state index contributed by atoms with van der Waals surface area (Å²) >= 11 is 11.8. The summed E-state index contributed by atoms with van der Waals surface area (Å²) in [6, 6.07) is 8.99. The lowest BCUT2D eigenvalue weighted by molar-refractivity contribution is 0.306. The van der Waals surface area contributed by atoms with E-state index in [0.29, 0.717) is 21.9 Å². The van der Waals surface area contributed by atoms with Crippen molar-refractivity contribution in [2.24, 2.45) is 10.9 Å². The Kier molecular flexibility index (Phi) is 4.88. The summed E-state index contributed by atoms with van der Waals surface area (Å²) < 4.78 is 18.5. The van der Waals surface area contributed by atoms with Crippen LogP contribution >= 0.6 is 23.2 Å². The van der Waals surface area contributed by atoms with Gasteiger partial charge in [-0.25, -0.2) is 4.39 Å². The Hall–Kier alpha value is -1.98. The molecule has 0 heterocycles. The minimum Gasteiger partial charge on any atom is -0.489 e. The van der Waals surface area contributed by atoms with Crippen LogP contribution in [0.2, 0.25) is 10.0 Å². The van der Waals surface area contributed by atoms with E-state index in [0.717, 1.165) is 0 Å². The smallest absolute Gasteiger partial charge is 0.170 e. The largest absolute Gasteiger partial charge is 0.489 e. The van der Waals surface area contributed by atoms with Crippen LogP contribution in [-0.4, -0.2) is 11.0 Å². The summed E-state index contributed by atoms with van der Waals surface area (Å²) in [5.74, 6) is -0.113. The number of hydrogen-bond donors (Lipinski definition) is 2. The average Bonchev–Trinajstić information content (AvgIpc) is 2.48. The molecule has 0 aliphatic heterocycles. The zero-order chi connectivity index (χ0) is 15.4. The van der Waals surface area contributed by atoms with E-state index in [9.17, 15) is 4.39 Å². The van der Waals surface area contributed by atoms with Crippen LogP contribution in [0.3, 0.4) is 0 Å². The number of nitrogens with zero attached hydrogens (tertiary/aromatic N) is 1. The fraction of sp³-hybridized carbons (Fsp3) is 0.0714. The van der Waals surface area contributed by atoms with E-state index < -0.39 is 5.82 Å². The number of amidine groups is 1. The van der Waals surface area contributed by atoms with Crippen LogP contribution in [0.15, 0.2) is 41.6 Å². The average molecular weight is 329 g/mol. The first-order valence-corrected chi connectivity index (χ1v) is 6.61. The first kappa shape index (κ1) is 15.4. The molecular weight excluding hydrogens is 318 g/mol. The molecule has 0 amide bonds. The maximum Gasteiger partial charge on any atom is 0.170 e. The highest BCUT2D eigenvalue weighted by atomic mass is 35.5. The molecule has 2 rings (SSSR count). The first-order chi connectivity index (χ1) is 10.0. The molecular formula is C14H11Cl2FN2O2. The minimum absolute atomic E-state index is 0.0131. The summed E-state index contributed by atoms with van der Waals surface area (Å²) in [5, 5.41) is 11.9. The van der Waals surface area contributed by atoms with Crippen LogP contribution in [0, 0.1) is 5.82 Å². The zero-order valence-electron chi connectivity index (χ0n) is 10.7. The number of benzene rings is 2.